The Kier molecular flexibility index (Phi) is 6.72. The zero-order valence-electron chi connectivity index (χ0n) is 18.5. The summed E-state index contributed by atoms with van der Waals surface area (Å²) < 4.78 is 18.8. The Labute approximate surface area is 190 Å². The number of nitrogens with zero attached hydrogens (tertiary/aromatic N) is 3. The maximum absolute atomic E-state index is 12.8. The molecule has 2 heterocycles. The Bertz CT molecular complexity index is 1160. The third-order valence-corrected chi connectivity index (χ3v) is 5.12. The highest BCUT2D eigenvalue weighted by molar-refractivity contribution is 5.98. The molecule has 0 aliphatic carbocycles. The zero-order valence-corrected chi connectivity index (χ0v) is 18.5. The summed E-state index contributed by atoms with van der Waals surface area (Å²) in [5.74, 6) is 0.769. The SMILES string of the molecule is COc1cccc2c1OCc1cn(nn1)CCOc1cc(ccc1C)C(=O)NCCNC2=O. The van der Waals surface area contributed by atoms with E-state index in [-0.39, 0.29) is 31.5 Å². The molecule has 0 fully saturated rings. The van der Waals surface area contributed by atoms with Crippen LogP contribution in [-0.2, 0) is 13.2 Å². The molecule has 33 heavy (non-hydrogen) atoms. The van der Waals surface area contributed by atoms with Crippen LogP contribution in [0.4, 0.5) is 0 Å². The number of hydrogen-bond acceptors (Lipinski definition) is 7. The molecule has 2 aromatic carbocycles. The molecule has 172 valence electrons. The van der Waals surface area contributed by atoms with Crippen LogP contribution in [0.15, 0.2) is 42.6 Å². The van der Waals surface area contributed by atoms with Gasteiger partial charge in [-0.15, -0.1) is 5.10 Å². The molecule has 1 aromatic heterocycles. The van der Waals surface area contributed by atoms with Gasteiger partial charge < -0.3 is 24.8 Å². The van der Waals surface area contributed by atoms with Gasteiger partial charge in [0.2, 0.25) is 0 Å². The number of aromatic nitrogens is 3. The molecule has 1 aliphatic heterocycles. The fraction of sp³-hybridized carbons (Fsp3) is 0.304. The first-order valence-electron chi connectivity index (χ1n) is 10.5. The predicted octanol–water partition coefficient (Wildman–Crippen LogP) is 1.73. The predicted molar refractivity (Wildman–Crippen MR) is 119 cm³/mol. The van der Waals surface area contributed by atoms with E-state index in [2.05, 4.69) is 20.9 Å². The van der Waals surface area contributed by atoms with Gasteiger partial charge in [0.05, 0.1) is 25.4 Å². The van der Waals surface area contributed by atoms with Crippen LogP contribution in [0.5, 0.6) is 17.2 Å². The van der Waals surface area contributed by atoms with Gasteiger partial charge in [0.15, 0.2) is 11.5 Å². The van der Waals surface area contributed by atoms with E-state index in [1.165, 1.54) is 7.11 Å². The van der Waals surface area contributed by atoms with Crippen molar-refractivity contribution in [1.82, 2.24) is 25.6 Å². The van der Waals surface area contributed by atoms with E-state index in [0.29, 0.717) is 47.2 Å². The van der Waals surface area contributed by atoms with Crippen LogP contribution in [0.3, 0.4) is 0 Å². The lowest BCUT2D eigenvalue weighted by atomic mass is 10.1. The number of fused-ring (bicyclic) bond motifs is 5. The fourth-order valence-corrected chi connectivity index (χ4v) is 3.36. The summed E-state index contributed by atoms with van der Waals surface area (Å²) in [5, 5.41) is 13.8. The van der Waals surface area contributed by atoms with Crippen molar-refractivity contribution >= 4 is 11.8 Å². The van der Waals surface area contributed by atoms with Crippen molar-refractivity contribution in [3.63, 3.8) is 0 Å². The van der Waals surface area contributed by atoms with E-state index in [1.54, 1.807) is 41.2 Å². The van der Waals surface area contributed by atoms with Gasteiger partial charge in [0, 0.05) is 18.7 Å². The van der Waals surface area contributed by atoms with E-state index in [4.69, 9.17) is 14.2 Å². The van der Waals surface area contributed by atoms with E-state index >= 15 is 0 Å². The van der Waals surface area contributed by atoms with Crippen molar-refractivity contribution < 1.29 is 23.8 Å². The van der Waals surface area contributed by atoms with Gasteiger partial charge in [-0.3, -0.25) is 9.59 Å². The minimum atomic E-state index is -0.342. The third kappa shape index (κ3) is 5.22. The molecule has 2 N–H and O–H groups in total. The Balaban J connectivity index is 1.59. The molecular formula is C23H25N5O5. The Morgan fingerprint density at radius 3 is 2.70 bits per heavy atom. The highest BCUT2D eigenvalue weighted by Crippen LogP contribution is 2.31. The largest absolute Gasteiger partial charge is 0.493 e. The van der Waals surface area contributed by atoms with Crippen molar-refractivity contribution in [1.29, 1.82) is 0 Å². The van der Waals surface area contributed by atoms with Crippen LogP contribution < -0.4 is 24.8 Å². The second-order valence-electron chi connectivity index (χ2n) is 7.44. The lowest BCUT2D eigenvalue weighted by Gasteiger charge is -2.14. The van der Waals surface area contributed by atoms with Gasteiger partial charge in [-0.2, -0.15) is 0 Å². The third-order valence-electron chi connectivity index (χ3n) is 5.12. The molecule has 0 saturated heterocycles. The molecule has 0 unspecified atom stereocenters. The van der Waals surface area contributed by atoms with E-state index < -0.39 is 0 Å². The first-order valence-corrected chi connectivity index (χ1v) is 10.5. The summed E-state index contributed by atoms with van der Waals surface area (Å²) in [5.41, 5.74) is 2.32. The molecule has 0 radical (unpaired) electrons. The Morgan fingerprint density at radius 2 is 1.88 bits per heavy atom. The number of methoxy groups -OCH3 is 1. The summed E-state index contributed by atoms with van der Waals surface area (Å²) in [7, 11) is 1.51. The monoisotopic (exact) mass is 451 g/mol. The number of amides is 2. The average Bonchev–Trinajstić information content (AvgIpc) is 3.28. The molecule has 4 rings (SSSR count). The number of nitrogens with one attached hydrogen (secondary N) is 2. The van der Waals surface area contributed by atoms with Crippen LogP contribution in [0.1, 0.15) is 32.0 Å². The van der Waals surface area contributed by atoms with Crippen LogP contribution in [0.25, 0.3) is 0 Å². The number of hydrogen-bond donors (Lipinski definition) is 2. The molecular weight excluding hydrogens is 426 g/mol. The van der Waals surface area contributed by atoms with Gasteiger partial charge >= 0.3 is 0 Å². The fourth-order valence-electron chi connectivity index (χ4n) is 3.36. The summed E-state index contributed by atoms with van der Waals surface area (Å²) in [6.45, 7) is 3.34. The number of rotatable bonds is 1. The minimum Gasteiger partial charge on any atom is -0.493 e. The number of aryl methyl sites for hydroxylation is 1. The second kappa shape index (κ2) is 10.0. The van der Waals surface area contributed by atoms with Gasteiger partial charge in [-0.1, -0.05) is 17.3 Å². The standard InChI is InChI=1S/C23H25N5O5/c1-15-6-7-16-12-20(15)32-11-10-28-13-17(26-27-28)14-33-21-18(4-3-5-19(21)31-2)23(30)25-9-8-24-22(16)29/h3-7,12-13H,8-11,14H2,1-2H3,(H,24,29)(H,25,30). The van der Waals surface area contributed by atoms with Crippen LogP contribution in [0.2, 0.25) is 0 Å². The lowest BCUT2D eigenvalue weighted by Crippen LogP contribution is -2.34. The van der Waals surface area contributed by atoms with E-state index in [0.717, 1.165) is 5.56 Å². The van der Waals surface area contributed by atoms with Gasteiger partial charge in [-0.05, 0) is 36.8 Å². The molecule has 3 aromatic rings. The molecule has 10 heteroatoms. The normalized spacial score (nSPS) is 14.8. The van der Waals surface area contributed by atoms with Crippen molar-refractivity contribution in [2.24, 2.45) is 0 Å². The number of benzene rings is 2. The summed E-state index contributed by atoms with van der Waals surface area (Å²) in [6, 6.07) is 10.4. The zero-order chi connectivity index (χ0) is 23.2. The topological polar surface area (TPSA) is 117 Å². The minimum absolute atomic E-state index is 0.110. The van der Waals surface area contributed by atoms with E-state index in [1.807, 2.05) is 13.0 Å². The number of carbonyl (C=O) groups excluding carboxylic acids is 2. The average molecular weight is 451 g/mol. The number of para-hydroxylation sites is 1. The molecule has 0 atom stereocenters. The Hall–Kier alpha value is -4.08. The van der Waals surface area contributed by atoms with Crippen molar-refractivity contribution in [3.05, 3.63) is 65.0 Å². The molecule has 0 saturated carbocycles. The smallest absolute Gasteiger partial charge is 0.255 e. The Morgan fingerprint density at radius 1 is 1.06 bits per heavy atom. The molecule has 0 spiro atoms. The molecule has 4 bridgehead atoms. The second-order valence-corrected chi connectivity index (χ2v) is 7.44. The number of ether oxygens (including phenoxy) is 3. The van der Waals surface area contributed by atoms with Crippen LogP contribution in [-0.4, -0.2) is 53.6 Å². The summed E-state index contributed by atoms with van der Waals surface area (Å²) >= 11 is 0. The maximum Gasteiger partial charge on any atom is 0.255 e. The summed E-state index contributed by atoms with van der Waals surface area (Å²) in [4.78, 5) is 25.3. The molecule has 1 aliphatic rings. The van der Waals surface area contributed by atoms with Gasteiger partial charge in [0.25, 0.3) is 11.8 Å². The van der Waals surface area contributed by atoms with Gasteiger partial charge in [0.1, 0.15) is 24.7 Å². The van der Waals surface area contributed by atoms with Crippen molar-refractivity contribution in [2.75, 3.05) is 26.8 Å². The quantitative estimate of drug-likeness (QED) is 0.579. The summed E-state index contributed by atoms with van der Waals surface area (Å²) in [6.07, 6.45) is 1.75. The highest BCUT2D eigenvalue weighted by Gasteiger charge is 2.18. The van der Waals surface area contributed by atoms with Crippen LogP contribution >= 0.6 is 0 Å². The maximum atomic E-state index is 12.8. The molecule has 2 amide bonds. The van der Waals surface area contributed by atoms with E-state index in [9.17, 15) is 9.59 Å². The van der Waals surface area contributed by atoms with Gasteiger partial charge in [-0.25, -0.2) is 4.68 Å². The first-order chi connectivity index (χ1) is 16.0. The highest BCUT2D eigenvalue weighted by atomic mass is 16.5. The number of carbonyl (C=O) groups is 2. The van der Waals surface area contributed by atoms with Crippen molar-refractivity contribution in [3.8, 4) is 17.2 Å². The first kappa shape index (κ1) is 22.1. The lowest BCUT2D eigenvalue weighted by molar-refractivity contribution is 0.0924. The van der Waals surface area contributed by atoms with Crippen molar-refractivity contribution in [2.45, 2.75) is 20.1 Å². The molecule has 10 nitrogen and oxygen atoms in total. The van der Waals surface area contributed by atoms with Crippen LogP contribution in [0, 0.1) is 6.92 Å².